The Bertz CT molecular complexity index is 955. The summed E-state index contributed by atoms with van der Waals surface area (Å²) in [6.45, 7) is 0. The summed E-state index contributed by atoms with van der Waals surface area (Å²) in [6.07, 6.45) is 4.07. The van der Waals surface area contributed by atoms with E-state index in [0.29, 0.717) is 11.4 Å². The van der Waals surface area contributed by atoms with Crippen molar-refractivity contribution >= 4 is 35.0 Å². The van der Waals surface area contributed by atoms with E-state index in [4.69, 9.17) is 9.47 Å². The third kappa shape index (κ3) is 3.20. The average molecular weight is 396 g/mol. The van der Waals surface area contributed by atoms with Crippen molar-refractivity contribution in [3.63, 3.8) is 0 Å². The number of nitrogens with one attached hydrogen (secondary N) is 2. The first-order valence-corrected chi connectivity index (χ1v) is 10.4. The Balaban J connectivity index is 1.24. The molecule has 1 unspecified atom stereocenters. The Morgan fingerprint density at radius 1 is 1.14 bits per heavy atom. The maximum atomic E-state index is 12.5. The van der Waals surface area contributed by atoms with E-state index in [9.17, 15) is 9.59 Å². The molecule has 1 atom stereocenters. The normalized spacial score (nSPS) is 21.3. The number of amides is 2. The van der Waals surface area contributed by atoms with Crippen molar-refractivity contribution < 1.29 is 19.1 Å². The van der Waals surface area contributed by atoms with E-state index in [1.165, 1.54) is 11.8 Å². The van der Waals surface area contributed by atoms with Crippen LogP contribution in [0.15, 0.2) is 47.4 Å². The number of rotatable bonds is 3. The number of fused-ring (bicyclic) bond motifs is 2. The second-order valence-corrected chi connectivity index (χ2v) is 8.57. The molecule has 1 aliphatic carbocycles. The molecule has 6 nitrogen and oxygen atoms in total. The van der Waals surface area contributed by atoms with Gasteiger partial charge in [-0.15, -0.1) is 11.8 Å². The van der Waals surface area contributed by atoms with Gasteiger partial charge in [-0.3, -0.25) is 9.59 Å². The molecule has 2 heterocycles. The van der Waals surface area contributed by atoms with Crippen molar-refractivity contribution in [2.45, 2.75) is 48.0 Å². The molecule has 0 aromatic heterocycles. The lowest BCUT2D eigenvalue weighted by Gasteiger charge is -2.23. The van der Waals surface area contributed by atoms with Crippen LogP contribution in [0.2, 0.25) is 0 Å². The van der Waals surface area contributed by atoms with Crippen LogP contribution in [0.3, 0.4) is 0 Å². The van der Waals surface area contributed by atoms with E-state index in [-0.39, 0.29) is 18.2 Å². The molecule has 1 saturated carbocycles. The molecule has 0 bridgehead atoms. The van der Waals surface area contributed by atoms with Crippen LogP contribution < -0.4 is 20.1 Å². The lowest BCUT2D eigenvalue weighted by molar-refractivity contribution is -0.120. The first kappa shape index (κ1) is 17.4. The molecule has 1 fully saturated rings. The zero-order valence-electron chi connectivity index (χ0n) is 15.2. The number of anilines is 2. The van der Waals surface area contributed by atoms with Crippen molar-refractivity contribution in [3.8, 4) is 11.5 Å². The second-order valence-electron chi connectivity index (χ2n) is 7.33. The summed E-state index contributed by atoms with van der Waals surface area (Å²) < 4.78 is 12.0. The van der Waals surface area contributed by atoms with E-state index >= 15 is 0 Å². The van der Waals surface area contributed by atoms with Crippen molar-refractivity contribution in [3.05, 3.63) is 42.5 Å². The fourth-order valence-corrected chi connectivity index (χ4v) is 5.01. The minimum Gasteiger partial charge on any atom is -0.448 e. The van der Waals surface area contributed by atoms with E-state index in [1.807, 2.05) is 30.3 Å². The minimum absolute atomic E-state index is 0.100. The van der Waals surface area contributed by atoms with Gasteiger partial charge in [0.1, 0.15) is 0 Å². The second kappa shape index (κ2) is 6.74. The molecule has 3 aliphatic rings. The van der Waals surface area contributed by atoms with E-state index in [1.54, 1.807) is 12.1 Å². The number of hydrogen-bond acceptors (Lipinski definition) is 5. The van der Waals surface area contributed by atoms with Crippen LogP contribution in [0.1, 0.15) is 32.1 Å². The zero-order chi connectivity index (χ0) is 19.1. The monoisotopic (exact) mass is 396 g/mol. The van der Waals surface area contributed by atoms with Gasteiger partial charge >= 0.3 is 0 Å². The predicted octanol–water partition coefficient (Wildman–Crippen LogP) is 4.17. The number of para-hydroxylation sites is 1. The number of thioether (sulfide) groups is 1. The molecule has 2 aromatic carbocycles. The van der Waals surface area contributed by atoms with Crippen molar-refractivity contribution in [2.75, 3.05) is 10.6 Å². The molecule has 7 heteroatoms. The van der Waals surface area contributed by atoms with Gasteiger partial charge in [0.15, 0.2) is 11.5 Å². The Morgan fingerprint density at radius 3 is 2.79 bits per heavy atom. The van der Waals surface area contributed by atoms with Crippen LogP contribution in [0, 0.1) is 0 Å². The summed E-state index contributed by atoms with van der Waals surface area (Å²) in [4.78, 5) is 25.8. The fraction of sp³-hybridized carbons (Fsp3) is 0.333. The number of benzene rings is 2. The maximum Gasteiger partial charge on any atom is 0.251 e. The largest absolute Gasteiger partial charge is 0.448 e. The molecule has 0 saturated heterocycles. The summed E-state index contributed by atoms with van der Waals surface area (Å²) in [6, 6.07) is 13.0. The molecule has 144 valence electrons. The van der Waals surface area contributed by atoms with Gasteiger partial charge in [-0.25, -0.2) is 0 Å². The zero-order valence-corrected chi connectivity index (χ0v) is 16.0. The number of ether oxygens (including phenoxy) is 2. The third-order valence-corrected chi connectivity index (χ3v) is 6.54. The fourth-order valence-electron chi connectivity index (χ4n) is 3.90. The first-order valence-electron chi connectivity index (χ1n) is 9.49. The van der Waals surface area contributed by atoms with Gasteiger partial charge in [0.2, 0.25) is 11.8 Å². The van der Waals surface area contributed by atoms with Crippen molar-refractivity contribution in [1.29, 1.82) is 0 Å². The van der Waals surface area contributed by atoms with Gasteiger partial charge in [-0.05, 0) is 37.1 Å². The van der Waals surface area contributed by atoms with Crippen LogP contribution >= 0.6 is 11.8 Å². The molecule has 2 amide bonds. The molecule has 5 rings (SSSR count). The molecule has 2 N–H and O–H groups in total. The summed E-state index contributed by atoms with van der Waals surface area (Å²) in [5.74, 6) is 0.515. The Hall–Kier alpha value is -2.67. The van der Waals surface area contributed by atoms with Crippen LogP contribution in [0.4, 0.5) is 11.4 Å². The molecule has 2 aromatic rings. The topological polar surface area (TPSA) is 76.7 Å². The molecular weight excluding hydrogens is 376 g/mol. The molecule has 2 aliphatic heterocycles. The number of hydrogen-bond donors (Lipinski definition) is 2. The van der Waals surface area contributed by atoms with Gasteiger partial charge < -0.3 is 20.1 Å². The van der Waals surface area contributed by atoms with E-state index in [2.05, 4.69) is 10.6 Å². The average Bonchev–Trinajstić information content (AvgIpc) is 3.28. The van der Waals surface area contributed by atoms with Crippen LogP contribution in [0.5, 0.6) is 11.5 Å². The quantitative estimate of drug-likeness (QED) is 0.814. The standard InChI is InChI=1S/C21H20N2O4S/c24-19(12-18-20(25)23-14-5-1-2-6-17(14)28-18)22-13-7-8-15-16(11-13)27-21(26-15)9-3-4-10-21/h1-2,5-8,11,18H,3-4,9-10,12H2,(H,22,24)(H,23,25). The lowest BCUT2D eigenvalue weighted by Crippen LogP contribution is -2.34. The minimum atomic E-state index is -0.519. The molecule has 28 heavy (non-hydrogen) atoms. The summed E-state index contributed by atoms with van der Waals surface area (Å²) in [5, 5.41) is 5.29. The molecule has 0 radical (unpaired) electrons. The van der Waals surface area contributed by atoms with Gasteiger partial charge in [0.25, 0.3) is 5.79 Å². The van der Waals surface area contributed by atoms with Crippen molar-refractivity contribution in [2.24, 2.45) is 0 Å². The molecule has 1 spiro atoms. The van der Waals surface area contributed by atoms with Gasteiger partial charge in [0.05, 0.1) is 10.9 Å². The van der Waals surface area contributed by atoms with E-state index < -0.39 is 11.0 Å². The highest BCUT2D eigenvalue weighted by Gasteiger charge is 2.44. The highest BCUT2D eigenvalue weighted by Crippen LogP contribution is 2.47. The van der Waals surface area contributed by atoms with Crippen molar-refractivity contribution in [1.82, 2.24) is 0 Å². The van der Waals surface area contributed by atoms with Gasteiger partial charge in [-0.1, -0.05) is 12.1 Å². The summed E-state index contributed by atoms with van der Waals surface area (Å²) in [7, 11) is 0. The first-order chi connectivity index (χ1) is 13.6. The molecular formula is C21H20N2O4S. The van der Waals surface area contributed by atoms with Gasteiger partial charge in [-0.2, -0.15) is 0 Å². The lowest BCUT2D eigenvalue weighted by atomic mass is 10.2. The number of carbonyl (C=O) groups excluding carboxylic acids is 2. The van der Waals surface area contributed by atoms with Gasteiger partial charge in [0, 0.05) is 35.9 Å². The maximum absolute atomic E-state index is 12.5. The Labute approximate surface area is 167 Å². The third-order valence-electron chi connectivity index (χ3n) is 5.26. The Kier molecular flexibility index (Phi) is 4.19. The summed E-state index contributed by atoms with van der Waals surface area (Å²) in [5.41, 5.74) is 1.44. The van der Waals surface area contributed by atoms with Crippen LogP contribution in [-0.4, -0.2) is 22.9 Å². The highest BCUT2D eigenvalue weighted by atomic mass is 32.2. The number of carbonyl (C=O) groups is 2. The Morgan fingerprint density at radius 2 is 1.93 bits per heavy atom. The SMILES string of the molecule is O=C(CC1Sc2ccccc2NC1=O)Nc1ccc2c(c1)OC1(CCCC1)O2. The van der Waals surface area contributed by atoms with Crippen LogP contribution in [0.25, 0.3) is 0 Å². The summed E-state index contributed by atoms with van der Waals surface area (Å²) >= 11 is 1.42. The predicted molar refractivity (Wildman–Crippen MR) is 107 cm³/mol. The highest BCUT2D eigenvalue weighted by molar-refractivity contribution is 8.01. The van der Waals surface area contributed by atoms with E-state index in [0.717, 1.165) is 42.0 Å². The van der Waals surface area contributed by atoms with Crippen LogP contribution in [-0.2, 0) is 9.59 Å². The smallest absolute Gasteiger partial charge is 0.251 e.